The lowest BCUT2D eigenvalue weighted by atomic mass is 10.1. The maximum Gasteiger partial charge on any atom is 0.343 e. The topological polar surface area (TPSA) is 91.5 Å². The molecule has 108 valence electrons. The highest BCUT2D eigenvalue weighted by Gasteiger charge is 2.14. The van der Waals surface area contributed by atoms with Crippen LogP contribution in [0.15, 0.2) is 33.0 Å². The number of Topliss-reactive ketones (excluding diaryl/α,β-unsaturated/α-hetero) is 1. The maximum absolute atomic E-state index is 11.7. The van der Waals surface area contributed by atoms with E-state index in [4.69, 9.17) is 5.26 Å². The molecule has 0 fully saturated rings. The van der Waals surface area contributed by atoms with Gasteiger partial charge in [-0.05, 0) is 43.3 Å². The molecule has 0 bridgehead atoms. The van der Waals surface area contributed by atoms with Crippen molar-refractivity contribution in [2.75, 3.05) is 0 Å². The molecule has 7 heteroatoms. The van der Waals surface area contributed by atoms with Crippen molar-refractivity contribution in [3.8, 4) is 6.07 Å². The molecule has 21 heavy (non-hydrogen) atoms. The molecule has 0 saturated heterocycles. The number of nitriles is 1. The molecule has 0 amide bonds. The van der Waals surface area contributed by atoms with Crippen molar-refractivity contribution >= 4 is 17.5 Å². The molecule has 0 atom stereocenters. The molecule has 0 aliphatic rings. The van der Waals surface area contributed by atoms with Crippen molar-refractivity contribution in [2.45, 2.75) is 36.9 Å². The second-order valence-corrected chi connectivity index (χ2v) is 5.45. The van der Waals surface area contributed by atoms with E-state index >= 15 is 0 Å². The third kappa shape index (κ3) is 3.23. The van der Waals surface area contributed by atoms with Crippen LogP contribution in [0.4, 0.5) is 0 Å². The van der Waals surface area contributed by atoms with E-state index in [2.05, 4.69) is 10.2 Å². The lowest BCUT2D eigenvalue weighted by molar-refractivity contribution is 0.101. The Morgan fingerprint density at radius 2 is 2.29 bits per heavy atom. The number of rotatable bonds is 5. The van der Waals surface area contributed by atoms with Crippen LogP contribution in [-0.4, -0.2) is 20.5 Å². The number of nitrogens with one attached hydrogen (secondary N) is 1. The summed E-state index contributed by atoms with van der Waals surface area (Å²) in [5.41, 5.74) is 0.695. The summed E-state index contributed by atoms with van der Waals surface area (Å²) in [4.78, 5) is 24.0. The number of hydrogen-bond acceptors (Lipinski definition) is 5. The van der Waals surface area contributed by atoms with Gasteiger partial charge in [-0.1, -0.05) is 6.92 Å². The van der Waals surface area contributed by atoms with Gasteiger partial charge in [-0.3, -0.25) is 9.36 Å². The van der Waals surface area contributed by atoms with E-state index in [1.54, 1.807) is 18.2 Å². The minimum absolute atomic E-state index is 0.0955. The van der Waals surface area contributed by atoms with Crippen molar-refractivity contribution in [1.82, 2.24) is 14.8 Å². The van der Waals surface area contributed by atoms with Gasteiger partial charge in [0.25, 0.3) is 0 Å². The van der Waals surface area contributed by atoms with Crippen LogP contribution in [0.25, 0.3) is 0 Å². The number of nitrogens with zero attached hydrogens (tertiary/aromatic N) is 3. The highest BCUT2D eigenvalue weighted by atomic mass is 32.2. The zero-order valence-electron chi connectivity index (χ0n) is 11.7. The first-order chi connectivity index (χ1) is 10.1. The molecule has 1 heterocycles. The SMILES string of the molecule is CCCn1c(Sc2cc(C#N)ccc2C(C)=O)n[nH]c1=O. The highest BCUT2D eigenvalue weighted by Crippen LogP contribution is 2.29. The Labute approximate surface area is 125 Å². The van der Waals surface area contributed by atoms with E-state index in [0.29, 0.717) is 27.7 Å². The number of H-pyrrole nitrogens is 1. The lowest BCUT2D eigenvalue weighted by Gasteiger charge is -2.07. The summed E-state index contributed by atoms with van der Waals surface area (Å²) < 4.78 is 1.52. The predicted octanol–water partition coefficient (Wildman–Crippen LogP) is 2.21. The molecule has 2 aromatic rings. The zero-order chi connectivity index (χ0) is 15.4. The molecule has 1 aromatic carbocycles. The van der Waals surface area contributed by atoms with Crippen LogP contribution in [0, 0.1) is 11.3 Å². The Morgan fingerprint density at radius 1 is 1.52 bits per heavy atom. The number of carbonyl (C=O) groups excluding carboxylic acids is 1. The molecule has 0 aliphatic heterocycles. The number of carbonyl (C=O) groups is 1. The monoisotopic (exact) mass is 302 g/mol. The van der Waals surface area contributed by atoms with E-state index in [-0.39, 0.29) is 11.5 Å². The van der Waals surface area contributed by atoms with Crippen LogP contribution in [0.2, 0.25) is 0 Å². The van der Waals surface area contributed by atoms with Gasteiger partial charge in [-0.2, -0.15) is 5.26 Å². The standard InChI is InChI=1S/C14H14N4O2S/c1-3-6-18-13(20)16-17-14(18)21-12-7-10(8-15)4-5-11(12)9(2)19/h4-5,7H,3,6H2,1-2H3,(H,16,20). The molecule has 0 spiro atoms. The fourth-order valence-electron chi connectivity index (χ4n) is 1.87. The summed E-state index contributed by atoms with van der Waals surface area (Å²) in [5, 5.41) is 15.9. The molecule has 1 N–H and O–H groups in total. The number of hydrogen-bond donors (Lipinski definition) is 1. The molecule has 0 saturated carbocycles. The third-order valence-electron chi connectivity index (χ3n) is 2.86. The van der Waals surface area contributed by atoms with Crippen molar-refractivity contribution in [3.05, 3.63) is 39.8 Å². The Hall–Kier alpha value is -2.33. The fraction of sp³-hybridized carbons (Fsp3) is 0.286. The molecule has 0 aliphatic carbocycles. The van der Waals surface area contributed by atoms with Gasteiger partial charge in [-0.15, -0.1) is 5.10 Å². The van der Waals surface area contributed by atoms with Gasteiger partial charge in [0, 0.05) is 17.0 Å². The minimum atomic E-state index is -0.278. The summed E-state index contributed by atoms with van der Waals surface area (Å²) in [5.74, 6) is -0.0955. The Bertz CT molecular complexity index is 770. The molecule has 2 rings (SSSR count). The number of benzene rings is 1. The third-order valence-corrected chi connectivity index (χ3v) is 3.91. The molecular formula is C14H14N4O2S. The largest absolute Gasteiger partial charge is 0.343 e. The van der Waals surface area contributed by atoms with Gasteiger partial charge in [0.05, 0.1) is 11.6 Å². The van der Waals surface area contributed by atoms with Crippen LogP contribution >= 0.6 is 11.8 Å². The first-order valence-electron chi connectivity index (χ1n) is 6.45. The van der Waals surface area contributed by atoms with Gasteiger partial charge < -0.3 is 0 Å². The van der Waals surface area contributed by atoms with Crippen LogP contribution in [-0.2, 0) is 6.54 Å². The second kappa shape index (κ2) is 6.41. The number of ketones is 1. The van der Waals surface area contributed by atoms with E-state index in [0.717, 1.165) is 6.42 Å². The molecule has 6 nitrogen and oxygen atoms in total. The van der Waals surface area contributed by atoms with Crippen LogP contribution in [0.3, 0.4) is 0 Å². The summed E-state index contributed by atoms with van der Waals surface area (Å²) in [7, 11) is 0. The Kier molecular flexibility index (Phi) is 4.60. The maximum atomic E-state index is 11.7. The van der Waals surface area contributed by atoms with Gasteiger partial charge in [-0.25, -0.2) is 9.89 Å². The number of aromatic nitrogens is 3. The van der Waals surface area contributed by atoms with Crippen LogP contribution < -0.4 is 5.69 Å². The van der Waals surface area contributed by atoms with E-state index in [1.165, 1.54) is 23.3 Å². The first kappa shape index (κ1) is 15.1. The smallest absolute Gasteiger partial charge is 0.294 e. The average Bonchev–Trinajstić information content (AvgIpc) is 2.80. The second-order valence-electron chi connectivity index (χ2n) is 4.44. The van der Waals surface area contributed by atoms with Crippen LogP contribution in [0.1, 0.15) is 36.2 Å². The molecular weight excluding hydrogens is 288 g/mol. The normalized spacial score (nSPS) is 10.3. The molecule has 0 radical (unpaired) electrons. The average molecular weight is 302 g/mol. The molecule has 1 aromatic heterocycles. The van der Waals surface area contributed by atoms with Crippen molar-refractivity contribution in [1.29, 1.82) is 5.26 Å². The van der Waals surface area contributed by atoms with Gasteiger partial charge in [0.15, 0.2) is 10.9 Å². The fourth-order valence-corrected chi connectivity index (χ4v) is 2.95. The first-order valence-corrected chi connectivity index (χ1v) is 7.26. The highest BCUT2D eigenvalue weighted by molar-refractivity contribution is 7.99. The molecule has 0 unspecified atom stereocenters. The summed E-state index contributed by atoms with van der Waals surface area (Å²) in [6.45, 7) is 3.98. The summed E-state index contributed by atoms with van der Waals surface area (Å²) in [6.07, 6.45) is 0.796. The van der Waals surface area contributed by atoms with Crippen molar-refractivity contribution in [3.63, 3.8) is 0 Å². The zero-order valence-corrected chi connectivity index (χ0v) is 12.5. The van der Waals surface area contributed by atoms with Crippen molar-refractivity contribution in [2.24, 2.45) is 0 Å². The van der Waals surface area contributed by atoms with E-state index < -0.39 is 0 Å². The predicted molar refractivity (Wildman–Crippen MR) is 78.4 cm³/mol. The minimum Gasteiger partial charge on any atom is -0.294 e. The van der Waals surface area contributed by atoms with E-state index in [1.807, 2.05) is 13.0 Å². The lowest BCUT2D eigenvalue weighted by Crippen LogP contribution is -2.17. The van der Waals surface area contributed by atoms with Gasteiger partial charge in [0.2, 0.25) is 0 Å². The van der Waals surface area contributed by atoms with Crippen molar-refractivity contribution < 1.29 is 4.79 Å². The summed E-state index contributed by atoms with van der Waals surface area (Å²) >= 11 is 1.21. The Balaban J connectivity index is 2.46. The quantitative estimate of drug-likeness (QED) is 0.855. The van der Waals surface area contributed by atoms with Crippen LogP contribution in [0.5, 0.6) is 0 Å². The van der Waals surface area contributed by atoms with E-state index in [9.17, 15) is 9.59 Å². The number of aromatic amines is 1. The van der Waals surface area contributed by atoms with Gasteiger partial charge in [0.1, 0.15) is 0 Å². The van der Waals surface area contributed by atoms with Gasteiger partial charge >= 0.3 is 5.69 Å². The summed E-state index contributed by atoms with van der Waals surface area (Å²) in [6, 6.07) is 6.90. The Morgan fingerprint density at radius 3 is 2.90 bits per heavy atom.